The molecular formula is C25H26N4O. The van der Waals surface area contributed by atoms with E-state index in [1.807, 2.05) is 35.2 Å². The van der Waals surface area contributed by atoms with Crippen LogP contribution in [0.3, 0.4) is 0 Å². The van der Waals surface area contributed by atoms with E-state index in [2.05, 4.69) is 52.1 Å². The molecule has 3 aromatic rings. The van der Waals surface area contributed by atoms with Gasteiger partial charge in [0.25, 0.3) is 0 Å². The molecule has 5 nitrogen and oxygen atoms in total. The van der Waals surface area contributed by atoms with Crippen molar-refractivity contribution in [2.75, 3.05) is 22.9 Å². The van der Waals surface area contributed by atoms with Gasteiger partial charge in [0.05, 0.1) is 11.6 Å². The van der Waals surface area contributed by atoms with Crippen molar-refractivity contribution in [3.05, 3.63) is 72.6 Å². The Bertz CT molecular complexity index is 1050. The van der Waals surface area contributed by atoms with Gasteiger partial charge in [-0.1, -0.05) is 48.5 Å². The van der Waals surface area contributed by atoms with Gasteiger partial charge in [0.15, 0.2) is 0 Å². The Kier molecular flexibility index (Phi) is 4.95. The average Bonchev–Trinajstić information content (AvgIpc) is 3.15. The lowest BCUT2D eigenvalue weighted by Gasteiger charge is -2.36. The molecule has 1 fully saturated rings. The molecule has 0 bridgehead atoms. The number of hydrogen-bond donors (Lipinski definition) is 0. The van der Waals surface area contributed by atoms with Gasteiger partial charge >= 0.3 is 0 Å². The fourth-order valence-electron chi connectivity index (χ4n) is 4.77. The first-order chi connectivity index (χ1) is 14.7. The van der Waals surface area contributed by atoms with E-state index in [1.165, 1.54) is 5.56 Å². The normalized spacial score (nSPS) is 20.8. The molecule has 0 N–H and O–H groups in total. The number of amides is 1. The van der Waals surface area contributed by atoms with Crippen LogP contribution < -0.4 is 9.80 Å². The fourth-order valence-corrected chi connectivity index (χ4v) is 4.77. The number of carbonyl (C=O) groups is 1. The van der Waals surface area contributed by atoms with Crippen molar-refractivity contribution in [1.29, 1.82) is 0 Å². The summed E-state index contributed by atoms with van der Waals surface area (Å²) in [5.74, 6) is 1.13. The van der Waals surface area contributed by atoms with Crippen molar-refractivity contribution >= 4 is 17.4 Å². The highest BCUT2D eigenvalue weighted by molar-refractivity contribution is 5.98. The van der Waals surface area contributed by atoms with Gasteiger partial charge in [-0.05, 0) is 37.8 Å². The molecule has 2 aliphatic heterocycles. The first kappa shape index (κ1) is 18.8. The highest BCUT2D eigenvalue weighted by atomic mass is 16.2. The molecule has 0 saturated carbocycles. The summed E-state index contributed by atoms with van der Waals surface area (Å²) in [6.45, 7) is 3.77. The third-order valence-corrected chi connectivity index (χ3v) is 6.26. The van der Waals surface area contributed by atoms with Crippen molar-refractivity contribution in [3.8, 4) is 11.3 Å². The Hall–Kier alpha value is -3.21. The van der Waals surface area contributed by atoms with Crippen molar-refractivity contribution in [2.45, 2.75) is 32.2 Å². The summed E-state index contributed by atoms with van der Waals surface area (Å²) in [7, 11) is 0. The number of piperidine rings is 1. The van der Waals surface area contributed by atoms with Crippen LogP contribution in [0.4, 0.5) is 11.5 Å². The number of para-hydroxylation sites is 1. The lowest BCUT2D eigenvalue weighted by molar-refractivity contribution is -0.122. The minimum Gasteiger partial charge on any atom is -0.356 e. The molecule has 2 atom stereocenters. The van der Waals surface area contributed by atoms with E-state index in [0.29, 0.717) is 6.54 Å². The maximum absolute atomic E-state index is 13.5. The second kappa shape index (κ2) is 7.90. The topological polar surface area (TPSA) is 49.3 Å². The van der Waals surface area contributed by atoms with Crippen LogP contribution in [0.1, 0.15) is 25.3 Å². The van der Waals surface area contributed by atoms with Crippen LogP contribution in [-0.2, 0) is 11.2 Å². The zero-order valence-corrected chi connectivity index (χ0v) is 17.2. The van der Waals surface area contributed by atoms with E-state index in [9.17, 15) is 4.79 Å². The number of carbonyl (C=O) groups excluding carboxylic acids is 1. The fraction of sp³-hybridized carbons (Fsp3) is 0.320. The van der Waals surface area contributed by atoms with Gasteiger partial charge in [0.2, 0.25) is 5.91 Å². The molecule has 152 valence electrons. The number of benzene rings is 2. The maximum atomic E-state index is 13.5. The van der Waals surface area contributed by atoms with Gasteiger partial charge in [-0.3, -0.25) is 4.79 Å². The van der Waals surface area contributed by atoms with Crippen LogP contribution in [0.15, 0.2) is 67.0 Å². The maximum Gasteiger partial charge on any atom is 0.232 e. The molecule has 0 radical (unpaired) electrons. The summed E-state index contributed by atoms with van der Waals surface area (Å²) < 4.78 is 0. The van der Waals surface area contributed by atoms with Gasteiger partial charge in [0, 0.05) is 36.4 Å². The molecule has 2 aliphatic rings. The Morgan fingerprint density at radius 3 is 2.70 bits per heavy atom. The second-order valence-electron chi connectivity index (χ2n) is 8.30. The van der Waals surface area contributed by atoms with E-state index >= 15 is 0 Å². The predicted octanol–water partition coefficient (Wildman–Crippen LogP) is 4.34. The number of rotatable bonds is 3. The highest BCUT2D eigenvalue weighted by Crippen LogP contribution is 2.35. The Morgan fingerprint density at radius 1 is 1.03 bits per heavy atom. The molecule has 0 spiro atoms. The van der Waals surface area contributed by atoms with Crippen molar-refractivity contribution in [3.63, 3.8) is 0 Å². The number of fused-ring (bicyclic) bond motifs is 1. The second-order valence-corrected chi connectivity index (χ2v) is 8.30. The lowest BCUT2D eigenvalue weighted by atomic mass is 9.96. The zero-order valence-electron chi connectivity index (χ0n) is 17.2. The molecule has 2 aromatic carbocycles. The van der Waals surface area contributed by atoms with Crippen LogP contribution in [0.2, 0.25) is 0 Å². The monoisotopic (exact) mass is 398 g/mol. The molecule has 5 heteroatoms. The molecule has 1 aromatic heterocycles. The summed E-state index contributed by atoms with van der Waals surface area (Å²) >= 11 is 0. The van der Waals surface area contributed by atoms with Crippen molar-refractivity contribution in [2.24, 2.45) is 5.92 Å². The molecule has 1 saturated heterocycles. The van der Waals surface area contributed by atoms with Crippen LogP contribution in [0.5, 0.6) is 0 Å². The van der Waals surface area contributed by atoms with Crippen LogP contribution in [-0.4, -0.2) is 35.0 Å². The Labute approximate surface area is 177 Å². The lowest BCUT2D eigenvalue weighted by Crippen LogP contribution is -2.47. The van der Waals surface area contributed by atoms with Crippen LogP contribution in [0, 0.1) is 5.92 Å². The van der Waals surface area contributed by atoms with E-state index in [4.69, 9.17) is 0 Å². The third kappa shape index (κ3) is 3.45. The van der Waals surface area contributed by atoms with Gasteiger partial charge in [-0.2, -0.15) is 0 Å². The number of hydrogen-bond acceptors (Lipinski definition) is 4. The van der Waals surface area contributed by atoms with Gasteiger partial charge < -0.3 is 9.80 Å². The molecule has 5 rings (SSSR count). The summed E-state index contributed by atoms with van der Waals surface area (Å²) in [5, 5.41) is 0. The molecule has 1 amide bonds. The smallest absolute Gasteiger partial charge is 0.232 e. The summed E-state index contributed by atoms with van der Waals surface area (Å²) in [6.07, 6.45) is 4.48. The van der Waals surface area contributed by atoms with E-state index < -0.39 is 0 Å². The van der Waals surface area contributed by atoms with Crippen LogP contribution in [0.25, 0.3) is 11.3 Å². The largest absolute Gasteiger partial charge is 0.356 e. The summed E-state index contributed by atoms with van der Waals surface area (Å²) in [6, 6.07) is 20.7. The van der Waals surface area contributed by atoms with E-state index in [-0.39, 0.29) is 17.9 Å². The predicted molar refractivity (Wildman–Crippen MR) is 119 cm³/mol. The molecule has 2 unspecified atom stereocenters. The SMILES string of the molecule is CC1Cc2ccccc2N1C(=O)C1CCCN(c2cc(-c3ccccc3)ncn2)C1. The van der Waals surface area contributed by atoms with Crippen LogP contribution >= 0.6 is 0 Å². The minimum atomic E-state index is -0.0116. The third-order valence-electron chi connectivity index (χ3n) is 6.26. The molecule has 30 heavy (non-hydrogen) atoms. The van der Waals surface area contributed by atoms with Crippen molar-refractivity contribution in [1.82, 2.24) is 9.97 Å². The Morgan fingerprint density at radius 2 is 1.83 bits per heavy atom. The Balaban J connectivity index is 1.36. The standard InChI is InChI=1S/C25H26N4O/c1-18-14-20-10-5-6-12-23(20)29(18)25(30)21-11-7-13-28(16-21)24-15-22(26-17-27-24)19-8-3-2-4-9-19/h2-6,8-10,12,15,17-18,21H,7,11,13-14,16H2,1H3. The van der Waals surface area contributed by atoms with E-state index in [0.717, 1.165) is 48.6 Å². The van der Waals surface area contributed by atoms with Gasteiger partial charge in [-0.15, -0.1) is 0 Å². The minimum absolute atomic E-state index is 0.0116. The van der Waals surface area contributed by atoms with Crippen molar-refractivity contribution < 1.29 is 4.79 Å². The first-order valence-electron chi connectivity index (χ1n) is 10.7. The number of aromatic nitrogens is 2. The molecule has 0 aliphatic carbocycles. The molecular weight excluding hydrogens is 372 g/mol. The van der Waals surface area contributed by atoms with Gasteiger partial charge in [-0.25, -0.2) is 9.97 Å². The average molecular weight is 399 g/mol. The first-order valence-corrected chi connectivity index (χ1v) is 10.7. The molecule has 3 heterocycles. The number of nitrogens with zero attached hydrogens (tertiary/aromatic N) is 4. The van der Waals surface area contributed by atoms with E-state index in [1.54, 1.807) is 6.33 Å². The quantitative estimate of drug-likeness (QED) is 0.659. The highest BCUT2D eigenvalue weighted by Gasteiger charge is 2.36. The number of anilines is 2. The van der Waals surface area contributed by atoms with Gasteiger partial charge in [0.1, 0.15) is 12.1 Å². The summed E-state index contributed by atoms with van der Waals surface area (Å²) in [4.78, 5) is 26.7. The summed E-state index contributed by atoms with van der Waals surface area (Å²) in [5.41, 5.74) is 4.35. The zero-order chi connectivity index (χ0) is 20.5.